The molecular weight excluding hydrogens is 270 g/mol. The van der Waals surface area contributed by atoms with Crippen LogP contribution in [0.1, 0.15) is 24.4 Å². The van der Waals surface area contributed by atoms with Gasteiger partial charge < -0.3 is 13.8 Å². The van der Waals surface area contributed by atoms with Gasteiger partial charge in [-0.25, -0.2) is 4.98 Å². The van der Waals surface area contributed by atoms with Gasteiger partial charge in [-0.1, -0.05) is 5.16 Å². The number of rotatable bonds is 4. The van der Waals surface area contributed by atoms with Crippen LogP contribution in [0.25, 0.3) is 11.5 Å². The predicted octanol–water partition coefficient (Wildman–Crippen LogP) is 2.63. The van der Waals surface area contributed by atoms with Gasteiger partial charge in [0.15, 0.2) is 5.76 Å². The van der Waals surface area contributed by atoms with Crippen molar-refractivity contribution in [3.05, 3.63) is 42.1 Å². The zero-order chi connectivity index (χ0) is 14.8. The predicted molar refractivity (Wildman–Crippen MR) is 75.6 cm³/mol. The number of aryl methyl sites for hydroxylation is 1. The van der Waals surface area contributed by atoms with Crippen molar-refractivity contribution < 1.29 is 8.94 Å². The van der Waals surface area contributed by atoms with Crippen molar-refractivity contribution in [1.29, 1.82) is 0 Å². The van der Waals surface area contributed by atoms with Crippen LogP contribution in [-0.2, 0) is 0 Å². The van der Waals surface area contributed by atoms with E-state index in [4.69, 9.17) is 8.94 Å². The first kappa shape index (κ1) is 13.3. The number of hydrogen-bond donors (Lipinski definition) is 0. The Morgan fingerprint density at radius 3 is 2.76 bits per heavy atom. The zero-order valence-corrected chi connectivity index (χ0v) is 12.0. The standard InChI is InChI=1S/C14H15N5O2/c1-9-4-5-13(21-9)12-8-15-17-14(16-12)19(3)10(2)11-6-7-20-18-11/h4-8,10H,1-3H3/t10-/m1/s1. The zero-order valence-electron chi connectivity index (χ0n) is 12.0. The van der Waals surface area contributed by atoms with E-state index in [-0.39, 0.29) is 6.04 Å². The van der Waals surface area contributed by atoms with Crippen LogP contribution in [0.5, 0.6) is 0 Å². The Morgan fingerprint density at radius 2 is 2.10 bits per heavy atom. The second-order valence-electron chi connectivity index (χ2n) is 4.76. The molecule has 0 saturated carbocycles. The fourth-order valence-corrected chi connectivity index (χ4v) is 1.94. The van der Waals surface area contributed by atoms with Crippen LogP contribution in [0, 0.1) is 6.92 Å². The number of aromatic nitrogens is 4. The van der Waals surface area contributed by atoms with Crippen LogP contribution < -0.4 is 4.90 Å². The molecule has 0 amide bonds. The van der Waals surface area contributed by atoms with Gasteiger partial charge in [0, 0.05) is 13.1 Å². The lowest BCUT2D eigenvalue weighted by Gasteiger charge is -2.22. The van der Waals surface area contributed by atoms with E-state index in [2.05, 4.69) is 20.3 Å². The van der Waals surface area contributed by atoms with Crippen molar-refractivity contribution in [1.82, 2.24) is 20.3 Å². The third-order valence-corrected chi connectivity index (χ3v) is 3.32. The van der Waals surface area contributed by atoms with Crippen LogP contribution in [0.15, 0.2) is 39.6 Å². The molecule has 0 N–H and O–H groups in total. The minimum Gasteiger partial charge on any atom is -0.460 e. The van der Waals surface area contributed by atoms with Crippen LogP contribution >= 0.6 is 0 Å². The highest BCUT2D eigenvalue weighted by atomic mass is 16.5. The van der Waals surface area contributed by atoms with Gasteiger partial charge in [-0.2, -0.15) is 5.10 Å². The van der Waals surface area contributed by atoms with Crippen molar-refractivity contribution in [3.8, 4) is 11.5 Å². The summed E-state index contributed by atoms with van der Waals surface area (Å²) in [5, 5.41) is 12.0. The maximum Gasteiger partial charge on any atom is 0.246 e. The summed E-state index contributed by atoms with van der Waals surface area (Å²) in [6.07, 6.45) is 3.12. The van der Waals surface area contributed by atoms with E-state index in [1.807, 2.05) is 44.0 Å². The average molecular weight is 285 g/mol. The summed E-state index contributed by atoms with van der Waals surface area (Å²) in [5.74, 6) is 2.00. The van der Waals surface area contributed by atoms with Crippen molar-refractivity contribution in [3.63, 3.8) is 0 Å². The maximum absolute atomic E-state index is 5.56. The first-order chi connectivity index (χ1) is 10.1. The molecule has 3 heterocycles. The Hall–Kier alpha value is -2.70. The number of hydrogen-bond acceptors (Lipinski definition) is 7. The molecule has 21 heavy (non-hydrogen) atoms. The monoisotopic (exact) mass is 285 g/mol. The Bertz CT molecular complexity index is 723. The summed E-state index contributed by atoms with van der Waals surface area (Å²) in [4.78, 5) is 6.37. The summed E-state index contributed by atoms with van der Waals surface area (Å²) < 4.78 is 10.4. The first-order valence-electron chi connectivity index (χ1n) is 6.55. The summed E-state index contributed by atoms with van der Waals surface area (Å²) in [7, 11) is 1.88. The van der Waals surface area contributed by atoms with E-state index >= 15 is 0 Å². The molecule has 0 saturated heterocycles. The van der Waals surface area contributed by atoms with Gasteiger partial charge >= 0.3 is 0 Å². The van der Waals surface area contributed by atoms with E-state index in [1.165, 1.54) is 0 Å². The minimum absolute atomic E-state index is 0.0286. The lowest BCUT2D eigenvalue weighted by molar-refractivity contribution is 0.406. The molecule has 0 fully saturated rings. The van der Waals surface area contributed by atoms with Gasteiger partial charge in [0.05, 0.1) is 12.2 Å². The number of furan rings is 1. The van der Waals surface area contributed by atoms with E-state index in [0.29, 0.717) is 17.4 Å². The van der Waals surface area contributed by atoms with Crippen molar-refractivity contribution in [2.24, 2.45) is 0 Å². The van der Waals surface area contributed by atoms with Crippen LogP contribution in [0.4, 0.5) is 5.95 Å². The lowest BCUT2D eigenvalue weighted by atomic mass is 10.2. The molecule has 1 atom stereocenters. The van der Waals surface area contributed by atoms with E-state index in [1.54, 1.807) is 12.5 Å². The Kier molecular flexibility index (Phi) is 3.39. The molecule has 3 aromatic rings. The smallest absolute Gasteiger partial charge is 0.246 e. The molecule has 3 aromatic heterocycles. The Balaban J connectivity index is 1.89. The highest BCUT2D eigenvalue weighted by molar-refractivity contribution is 5.52. The van der Waals surface area contributed by atoms with Gasteiger partial charge in [-0.05, 0) is 26.0 Å². The van der Waals surface area contributed by atoms with E-state index in [9.17, 15) is 0 Å². The molecular formula is C14H15N5O2. The second kappa shape index (κ2) is 5.35. The minimum atomic E-state index is -0.0286. The average Bonchev–Trinajstić information content (AvgIpc) is 3.17. The van der Waals surface area contributed by atoms with Gasteiger partial charge in [-0.15, -0.1) is 5.10 Å². The summed E-state index contributed by atoms with van der Waals surface area (Å²) in [5.41, 5.74) is 1.45. The third-order valence-electron chi connectivity index (χ3n) is 3.32. The number of nitrogens with zero attached hydrogens (tertiary/aromatic N) is 5. The topological polar surface area (TPSA) is 81.1 Å². The molecule has 0 aliphatic heterocycles. The largest absolute Gasteiger partial charge is 0.460 e. The summed E-state index contributed by atoms with van der Waals surface area (Å²) in [6.45, 7) is 3.88. The van der Waals surface area contributed by atoms with Crippen LogP contribution in [0.3, 0.4) is 0 Å². The molecule has 7 nitrogen and oxygen atoms in total. The summed E-state index contributed by atoms with van der Waals surface area (Å²) in [6, 6.07) is 5.54. The molecule has 3 rings (SSSR count). The fourth-order valence-electron chi connectivity index (χ4n) is 1.94. The molecule has 0 unspecified atom stereocenters. The van der Waals surface area contributed by atoms with Crippen LogP contribution in [0.2, 0.25) is 0 Å². The highest BCUT2D eigenvalue weighted by Gasteiger charge is 2.18. The van der Waals surface area contributed by atoms with Crippen molar-refractivity contribution in [2.45, 2.75) is 19.9 Å². The van der Waals surface area contributed by atoms with Gasteiger partial charge in [0.2, 0.25) is 5.95 Å². The fraction of sp³-hybridized carbons (Fsp3) is 0.286. The Labute approximate surface area is 121 Å². The highest BCUT2D eigenvalue weighted by Crippen LogP contribution is 2.24. The quantitative estimate of drug-likeness (QED) is 0.728. The normalized spacial score (nSPS) is 12.3. The molecule has 0 aliphatic rings. The summed E-state index contributed by atoms with van der Waals surface area (Å²) >= 11 is 0. The van der Waals surface area contributed by atoms with E-state index in [0.717, 1.165) is 11.5 Å². The van der Waals surface area contributed by atoms with E-state index < -0.39 is 0 Å². The van der Waals surface area contributed by atoms with Gasteiger partial charge in [-0.3, -0.25) is 0 Å². The van der Waals surface area contributed by atoms with Crippen molar-refractivity contribution >= 4 is 5.95 Å². The van der Waals surface area contributed by atoms with Gasteiger partial charge in [0.1, 0.15) is 23.4 Å². The molecule has 0 aliphatic carbocycles. The molecule has 0 bridgehead atoms. The molecule has 0 spiro atoms. The molecule has 7 heteroatoms. The lowest BCUT2D eigenvalue weighted by Crippen LogP contribution is -2.24. The van der Waals surface area contributed by atoms with Crippen LogP contribution in [-0.4, -0.2) is 27.4 Å². The second-order valence-corrected chi connectivity index (χ2v) is 4.76. The molecule has 0 aromatic carbocycles. The third kappa shape index (κ3) is 2.62. The van der Waals surface area contributed by atoms with Crippen molar-refractivity contribution in [2.75, 3.05) is 11.9 Å². The molecule has 0 radical (unpaired) electrons. The SMILES string of the molecule is Cc1ccc(-c2cnnc(N(C)[C@H](C)c3ccon3)n2)o1. The number of anilines is 1. The molecule has 108 valence electrons. The maximum atomic E-state index is 5.56. The van der Waals surface area contributed by atoms with Gasteiger partial charge in [0.25, 0.3) is 0 Å². The Morgan fingerprint density at radius 1 is 1.24 bits per heavy atom. The first-order valence-corrected chi connectivity index (χ1v) is 6.55.